The van der Waals surface area contributed by atoms with E-state index in [2.05, 4.69) is 38.2 Å². The fraction of sp³-hybridized carbons (Fsp3) is 0.286. The average molecular weight is 496 g/mol. The first-order valence-electron chi connectivity index (χ1n) is 12.5. The van der Waals surface area contributed by atoms with Gasteiger partial charge in [-0.05, 0) is 49.4 Å². The van der Waals surface area contributed by atoms with Gasteiger partial charge in [0.05, 0.1) is 11.7 Å². The van der Waals surface area contributed by atoms with E-state index in [9.17, 15) is 0 Å². The summed E-state index contributed by atoms with van der Waals surface area (Å²) in [5.74, 6) is 2.26. The van der Waals surface area contributed by atoms with Crippen molar-refractivity contribution in [1.29, 1.82) is 0 Å². The van der Waals surface area contributed by atoms with E-state index in [1.807, 2.05) is 48.9 Å². The zero-order chi connectivity index (χ0) is 24.2. The number of piperazine rings is 1. The van der Waals surface area contributed by atoms with Crippen molar-refractivity contribution in [3.63, 3.8) is 0 Å². The Balaban J connectivity index is 1.45. The van der Waals surface area contributed by atoms with Gasteiger partial charge in [0.1, 0.15) is 11.5 Å². The van der Waals surface area contributed by atoms with Gasteiger partial charge >= 0.3 is 0 Å². The van der Waals surface area contributed by atoms with E-state index in [-0.39, 0.29) is 0 Å². The maximum absolute atomic E-state index is 6.49. The highest BCUT2D eigenvalue weighted by atomic mass is 35.5. The lowest BCUT2D eigenvalue weighted by molar-refractivity contribution is 0.498. The van der Waals surface area contributed by atoms with Crippen molar-refractivity contribution in [3.8, 4) is 22.6 Å². The first-order chi connectivity index (χ1) is 17.7. The lowest BCUT2D eigenvalue weighted by Crippen LogP contribution is -2.50. The predicted octanol–water partition coefficient (Wildman–Crippen LogP) is 5.56. The molecule has 5 aromatic rings. The molecule has 1 aliphatic heterocycles. The van der Waals surface area contributed by atoms with Crippen LogP contribution < -0.4 is 10.2 Å². The molecule has 180 valence electrons. The molecule has 5 heterocycles. The number of aromatic nitrogens is 5. The number of pyridine rings is 2. The van der Waals surface area contributed by atoms with Crippen molar-refractivity contribution in [2.24, 2.45) is 0 Å². The number of hydrogen-bond acceptors (Lipinski definition) is 6. The molecule has 2 aliphatic rings. The zero-order valence-corrected chi connectivity index (χ0v) is 20.8. The number of rotatable bonds is 4. The second-order valence-electron chi connectivity index (χ2n) is 9.80. The van der Waals surface area contributed by atoms with Crippen LogP contribution in [0.4, 0.5) is 5.82 Å². The Bertz CT molecular complexity index is 1610. The van der Waals surface area contributed by atoms with Gasteiger partial charge in [0.15, 0.2) is 5.82 Å². The molecule has 8 heteroatoms. The van der Waals surface area contributed by atoms with Crippen LogP contribution in [0.2, 0.25) is 5.02 Å². The predicted molar refractivity (Wildman–Crippen MR) is 145 cm³/mol. The summed E-state index contributed by atoms with van der Waals surface area (Å²) in [6.07, 6.45) is 8.13. The second kappa shape index (κ2) is 8.54. The van der Waals surface area contributed by atoms with Crippen molar-refractivity contribution in [3.05, 3.63) is 65.6 Å². The van der Waals surface area contributed by atoms with Gasteiger partial charge in [-0.1, -0.05) is 29.8 Å². The van der Waals surface area contributed by atoms with Crippen molar-refractivity contribution in [1.82, 2.24) is 30.2 Å². The topological polar surface area (TPSA) is 82.6 Å². The lowest BCUT2D eigenvalue weighted by atomic mass is 10.1. The van der Waals surface area contributed by atoms with Gasteiger partial charge in [0, 0.05) is 70.7 Å². The first-order valence-corrected chi connectivity index (χ1v) is 12.9. The van der Waals surface area contributed by atoms with Crippen LogP contribution in [0.5, 0.6) is 0 Å². The Labute approximate surface area is 214 Å². The monoisotopic (exact) mass is 495 g/mol. The van der Waals surface area contributed by atoms with Crippen LogP contribution in [0.1, 0.15) is 31.2 Å². The summed E-state index contributed by atoms with van der Waals surface area (Å²) in [4.78, 5) is 25.4. The zero-order valence-electron chi connectivity index (χ0n) is 20.0. The van der Waals surface area contributed by atoms with E-state index in [1.165, 1.54) is 18.4 Å². The molecule has 0 spiro atoms. The van der Waals surface area contributed by atoms with Gasteiger partial charge in [-0.15, -0.1) is 0 Å². The Morgan fingerprint density at radius 3 is 2.78 bits per heavy atom. The number of halogens is 1. The first kappa shape index (κ1) is 21.7. The van der Waals surface area contributed by atoms with Crippen LogP contribution in [0.25, 0.3) is 44.6 Å². The number of anilines is 1. The molecule has 0 amide bonds. The van der Waals surface area contributed by atoms with Crippen molar-refractivity contribution in [2.45, 2.75) is 31.7 Å². The maximum Gasteiger partial charge on any atom is 0.163 e. The van der Waals surface area contributed by atoms with Crippen LogP contribution in [-0.2, 0) is 0 Å². The minimum atomic E-state index is 0.335. The fourth-order valence-corrected chi connectivity index (χ4v) is 5.56. The van der Waals surface area contributed by atoms with Crippen molar-refractivity contribution in [2.75, 3.05) is 24.5 Å². The summed E-state index contributed by atoms with van der Waals surface area (Å²) in [6.45, 7) is 5.03. The molecule has 1 aromatic carbocycles. The summed E-state index contributed by atoms with van der Waals surface area (Å²) >= 11 is 6.49. The van der Waals surface area contributed by atoms with Gasteiger partial charge in [-0.25, -0.2) is 15.0 Å². The minimum Gasteiger partial charge on any atom is -0.351 e. The van der Waals surface area contributed by atoms with Gasteiger partial charge < -0.3 is 15.2 Å². The standard InChI is InChI=1S/C28H26ClN7/c1-16-13-30-10-11-36(16)28-25-21(17-6-7-17)14-31-15-24(25)34-27(35-28)18-8-9-32-26-20(18)12-23(33-26)19-4-2-3-5-22(19)29/h2-5,8-9,12,14-17,30H,6-7,10-11,13H2,1H3,(H,32,33)/t16-/m0/s1. The number of nitrogens with one attached hydrogen (secondary N) is 2. The Morgan fingerprint density at radius 2 is 1.94 bits per heavy atom. The highest BCUT2D eigenvalue weighted by molar-refractivity contribution is 6.33. The molecule has 1 atom stereocenters. The van der Waals surface area contributed by atoms with E-state index < -0.39 is 0 Å². The van der Waals surface area contributed by atoms with Crippen molar-refractivity contribution < 1.29 is 0 Å². The summed E-state index contributed by atoms with van der Waals surface area (Å²) in [5, 5.41) is 6.32. The molecule has 4 aromatic heterocycles. The molecule has 36 heavy (non-hydrogen) atoms. The molecular weight excluding hydrogens is 470 g/mol. The molecule has 0 radical (unpaired) electrons. The third-order valence-corrected chi connectivity index (χ3v) is 7.67. The van der Waals surface area contributed by atoms with Crippen LogP contribution in [0, 0.1) is 0 Å². The third kappa shape index (κ3) is 3.62. The largest absolute Gasteiger partial charge is 0.351 e. The highest BCUT2D eigenvalue weighted by Crippen LogP contribution is 2.45. The van der Waals surface area contributed by atoms with E-state index >= 15 is 0 Å². The van der Waals surface area contributed by atoms with Gasteiger partial charge in [0.2, 0.25) is 0 Å². The molecule has 7 nitrogen and oxygen atoms in total. The Morgan fingerprint density at radius 1 is 1.06 bits per heavy atom. The van der Waals surface area contributed by atoms with Gasteiger partial charge in [0.25, 0.3) is 0 Å². The van der Waals surface area contributed by atoms with E-state index in [4.69, 9.17) is 21.6 Å². The van der Waals surface area contributed by atoms with Crippen LogP contribution in [-0.4, -0.2) is 50.6 Å². The summed E-state index contributed by atoms with van der Waals surface area (Å²) < 4.78 is 0. The number of fused-ring (bicyclic) bond motifs is 2. The van der Waals surface area contributed by atoms with Crippen molar-refractivity contribution >= 4 is 39.4 Å². The lowest BCUT2D eigenvalue weighted by Gasteiger charge is -2.36. The average Bonchev–Trinajstić information content (AvgIpc) is 3.66. The number of H-pyrrole nitrogens is 1. The smallest absolute Gasteiger partial charge is 0.163 e. The summed E-state index contributed by atoms with van der Waals surface area (Å²) in [5.41, 5.74) is 5.77. The van der Waals surface area contributed by atoms with E-state index in [0.29, 0.717) is 22.8 Å². The Kier molecular flexibility index (Phi) is 5.15. The maximum atomic E-state index is 6.49. The molecule has 1 saturated heterocycles. The molecule has 2 N–H and O–H groups in total. The van der Waals surface area contributed by atoms with E-state index in [0.717, 1.165) is 64.2 Å². The van der Waals surface area contributed by atoms with Crippen LogP contribution >= 0.6 is 11.6 Å². The molecule has 7 rings (SSSR count). The summed E-state index contributed by atoms with van der Waals surface area (Å²) in [6, 6.07) is 12.3. The van der Waals surface area contributed by atoms with Crippen LogP contribution in [0.3, 0.4) is 0 Å². The summed E-state index contributed by atoms with van der Waals surface area (Å²) in [7, 11) is 0. The minimum absolute atomic E-state index is 0.335. The quantitative estimate of drug-likeness (QED) is 0.339. The molecule has 2 fully saturated rings. The number of nitrogens with zero attached hydrogens (tertiary/aromatic N) is 5. The van der Waals surface area contributed by atoms with Gasteiger partial charge in [-0.3, -0.25) is 4.98 Å². The number of aromatic amines is 1. The second-order valence-corrected chi connectivity index (χ2v) is 10.2. The highest BCUT2D eigenvalue weighted by Gasteiger charge is 2.30. The normalized spacial score (nSPS) is 18.3. The number of benzene rings is 1. The SMILES string of the molecule is C[C@H]1CNCCN1c1nc(-c2ccnc3[nH]c(-c4ccccc4Cl)cc23)nc2cncc(C3CC3)c12. The van der Waals surface area contributed by atoms with Gasteiger partial charge in [-0.2, -0.15) is 0 Å². The Hall–Kier alpha value is -3.55. The fourth-order valence-electron chi connectivity index (χ4n) is 5.32. The molecule has 1 aliphatic carbocycles. The molecular formula is C28H26ClN7. The van der Waals surface area contributed by atoms with E-state index in [1.54, 1.807) is 0 Å². The molecule has 0 bridgehead atoms. The molecule has 1 saturated carbocycles. The molecule has 0 unspecified atom stereocenters. The third-order valence-electron chi connectivity index (χ3n) is 7.34. The number of hydrogen-bond donors (Lipinski definition) is 2. The van der Waals surface area contributed by atoms with Crippen LogP contribution in [0.15, 0.2) is 55.0 Å².